The molecule has 2 saturated heterocycles. The Kier molecular flexibility index (Phi) is 4.60. The maximum atomic E-state index is 13.6. The zero-order valence-corrected chi connectivity index (χ0v) is 16.7. The normalized spacial score (nSPS) is 22.7. The molecule has 0 spiro atoms. The summed E-state index contributed by atoms with van der Waals surface area (Å²) in [5.41, 5.74) is 1.58. The number of hydrogen-bond donors (Lipinski definition) is 1. The highest BCUT2D eigenvalue weighted by Gasteiger charge is 2.61. The summed E-state index contributed by atoms with van der Waals surface area (Å²) >= 11 is 0. The fourth-order valence-corrected chi connectivity index (χ4v) is 4.32. The number of methoxy groups -OCH3 is 1. The van der Waals surface area contributed by atoms with Crippen LogP contribution in [0.4, 0.5) is 11.4 Å². The summed E-state index contributed by atoms with van der Waals surface area (Å²) in [6.07, 6.45) is -1.01. The average Bonchev–Trinajstić information content (AvgIpc) is 3.31. The predicted molar refractivity (Wildman–Crippen MR) is 114 cm³/mol. The second-order valence-corrected chi connectivity index (χ2v) is 7.40. The van der Waals surface area contributed by atoms with Crippen molar-refractivity contribution in [2.45, 2.75) is 12.1 Å². The fraction of sp³-hybridized carbons (Fsp3) is 0.167. The van der Waals surface area contributed by atoms with Gasteiger partial charge in [-0.1, -0.05) is 48.5 Å². The highest BCUT2D eigenvalue weighted by atomic mass is 16.7. The van der Waals surface area contributed by atoms with Crippen LogP contribution in [0, 0.1) is 5.92 Å². The fourth-order valence-electron chi connectivity index (χ4n) is 4.32. The quantitative estimate of drug-likeness (QED) is 0.657. The molecule has 0 saturated carbocycles. The largest absolute Gasteiger partial charge is 0.508 e. The van der Waals surface area contributed by atoms with Gasteiger partial charge < -0.3 is 9.84 Å². The number of anilines is 2. The van der Waals surface area contributed by atoms with Crippen molar-refractivity contribution < 1.29 is 24.3 Å². The number of phenols is 1. The van der Waals surface area contributed by atoms with Crippen molar-refractivity contribution in [2.24, 2.45) is 5.92 Å². The van der Waals surface area contributed by atoms with E-state index in [9.17, 15) is 14.7 Å². The standard InChI is InChI=1S/C24H20N2O5/c1-30-19-14-8-6-12-17(19)25-23(28)20-21(16-11-5-7-13-18(16)27)26(31-22(20)24(25)29)15-9-3-2-4-10-15/h2-14,20-22,27H,1H3/t20-,21-,22+/m0/s1. The van der Waals surface area contributed by atoms with E-state index in [-0.39, 0.29) is 5.75 Å². The van der Waals surface area contributed by atoms with Crippen LogP contribution in [-0.2, 0) is 14.4 Å². The lowest BCUT2D eigenvalue weighted by atomic mass is 9.90. The minimum Gasteiger partial charge on any atom is -0.508 e. The van der Waals surface area contributed by atoms with Crippen molar-refractivity contribution in [3.05, 3.63) is 84.4 Å². The molecule has 2 heterocycles. The van der Waals surface area contributed by atoms with E-state index in [2.05, 4.69) is 0 Å². The van der Waals surface area contributed by atoms with E-state index in [0.717, 1.165) is 4.90 Å². The summed E-state index contributed by atoms with van der Waals surface area (Å²) < 4.78 is 5.36. The van der Waals surface area contributed by atoms with Crippen molar-refractivity contribution in [1.82, 2.24) is 0 Å². The molecule has 3 aromatic carbocycles. The van der Waals surface area contributed by atoms with Crippen molar-refractivity contribution in [3.8, 4) is 11.5 Å². The van der Waals surface area contributed by atoms with Gasteiger partial charge in [-0.15, -0.1) is 0 Å². The summed E-state index contributed by atoms with van der Waals surface area (Å²) in [6.45, 7) is 0. The number of fused-ring (bicyclic) bond motifs is 1. The number of aromatic hydroxyl groups is 1. The molecule has 0 bridgehead atoms. The summed E-state index contributed by atoms with van der Waals surface area (Å²) in [5, 5.41) is 12.1. The first kappa shape index (κ1) is 19.1. The molecule has 3 aromatic rings. The van der Waals surface area contributed by atoms with Crippen LogP contribution in [0.1, 0.15) is 11.6 Å². The van der Waals surface area contributed by atoms with Gasteiger partial charge >= 0.3 is 0 Å². The number of phenolic OH excluding ortho intramolecular Hbond substituents is 1. The maximum absolute atomic E-state index is 13.6. The molecule has 31 heavy (non-hydrogen) atoms. The molecule has 0 radical (unpaired) electrons. The van der Waals surface area contributed by atoms with Crippen LogP contribution in [0.5, 0.6) is 11.5 Å². The van der Waals surface area contributed by atoms with Gasteiger partial charge in [-0.3, -0.25) is 14.4 Å². The first-order chi connectivity index (χ1) is 15.1. The Morgan fingerprint density at radius 3 is 2.29 bits per heavy atom. The first-order valence-corrected chi connectivity index (χ1v) is 9.91. The second kappa shape index (κ2) is 7.45. The SMILES string of the molecule is COc1ccccc1N1C(=O)[C@@H]2[C@@H](ON(c3ccccc3)[C@H]2c2ccccc2O)C1=O. The van der Waals surface area contributed by atoms with Crippen LogP contribution in [0.15, 0.2) is 78.9 Å². The lowest BCUT2D eigenvalue weighted by Crippen LogP contribution is -2.37. The number of rotatable bonds is 4. The van der Waals surface area contributed by atoms with Gasteiger partial charge in [-0.05, 0) is 30.3 Å². The number of carbonyl (C=O) groups excluding carboxylic acids is 2. The monoisotopic (exact) mass is 416 g/mol. The molecule has 2 fully saturated rings. The number of imide groups is 1. The number of hydrogen-bond acceptors (Lipinski definition) is 6. The Labute approximate surface area is 179 Å². The molecule has 2 amide bonds. The Balaban J connectivity index is 1.62. The topological polar surface area (TPSA) is 79.3 Å². The summed E-state index contributed by atoms with van der Waals surface area (Å²) in [6, 6.07) is 22.2. The number of amides is 2. The van der Waals surface area contributed by atoms with Gasteiger partial charge in [0, 0.05) is 5.56 Å². The molecule has 0 aliphatic carbocycles. The number of carbonyl (C=O) groups is 2. The minimum atomic E-state index is -1.01. The van der Waals surface area contributed by atoms with Crippen LogP contribution in [0.25, 0.3) is 0 Å². The number of hydroxylamine groups is 1. The minimum absolute atomic E-state index is 0.0358. The number of nitrogens with zero attached hydrogens (tertiary/aromatic N) is 2. The lowest BCUT2D eigenvalue weighted by Gasteiger charge is -2.29. The molecule has 2 aliphatic heterocycles. The van der Waals surface area contributed by atoms with Gasteiger partial charge in [0.25, 0.3) is 5.91 Å². The molecular weight excluding hydrogens is 396 g/mol. The zero-order chi connectivity index (χ0) is 21.5. The molecule has 0 aromatic heterocycles. The number of para-hydroxylation sites is 4. The van der Waals surface area contributed by atoms with Crippen LogP contribution in [0.3, 0.4) is 0 Å². The van der Waals surface area contributed by atoms with E-state index in [1.165, 1.54) is 7.11 Å². The summed E-state index contributed by atoms with van der Waals surface area (Å²) in [7, 11) is 1.49. The highest BCUT2D eigenvalue weighted by Crippen LogP contribution is 2.50. The van der Waals surface area contributed by atoms with E-state index in [1.54, 1.807) is 53.6 Å². The van der Waals surface area contributed by atoms with Crippen molar-refractivity contribution in [1.29, 1.82) is 0 Å². The third kappa shape index (κ3) is 2.93. The van der Waals surface area contributed by atoms with Gasteiger partial charge in [-0.25, -0.2) is 9.96 Å². The Morgan fingerprint density at radius 1 is 0.871 bits per heavy atom. The van der Waals surface area contributed by atoms with E-state index >= 15 is 0 Å². The number of ether oxygens (including phenoxy) is 1. The molecule has 7 heteroatoms. The van der Waals surface area contributed by atoms with Crippen LogP contribution in [0.2, 0.25) is 0 Å². The van der Waals surface area contributed by atoms with Gasteiger partial charge in [-0.2, -0.15) is 0 Å². The lowest BCUT2D eigenvalue weighted by molar-refractivity contribution is -0.126. The van der Waals surface area contributed by atoms with Gasteiger partial charge in [0.05, 0.1) is 24.5 Å². The Bertz CT molecular complexity index is 1150. The predicted octanol–water partition coefficient (Wildman–Crippen LogP) is 3.45. The Hall–Kier alpha value is -3.84. The number of benzene rings is 3. The summed E-state index contributed by atoms with van der Waals surface area (Å²) in [4.78, 5) is 34.1. The van der Waals surface area contributed by atoms with Gasteiger partial charge in [0.1, 0.15) is 17.4 Å². The molecule has 156 valence electrons. The molecule has 7 nitrogen and oxygen atoms in total. The summed E-state index contributed by atoms with van der Waals surface area (Å²) in [5.74, 6) is -1.23. The van der Waals surface area contributed by atoms with Gasteiger partial charge in [0.2, 0.25) is 5.91 Å². The molecule has 5 rings (SSSR count). The van der Waals surface area contributed by atoms with Crippen molar-refractivity contribution >= 4 is 23.2 Å². The molecule has 3 atom stereocenters. The molecule has 1 N–H and O–H groups in total. The van der Waals surface area contributed by atoms with E-state index < -0.39 is 29.9 Å². The van der Waals surface area contributed by atoms with Crippen molar-refractivity contribution in [2.75, 3.05) is 17.1 Å². The zero-order valence-electron chi connectivity index (χ0n) is 16.7. The van der Waals surface area contributed by atoms with Gasteiger partial charge in [0.15, 0.2) is 6.10 Å². The smallest absolute Gasteiger partial charge is 0.266 e. The van der Waals surface area contributed by atoms with Crippen molar-refractivity contribution in [3.63, 3.8) is 0 Å². The highest BCUT2D eigenvalue weighted by molar-refractivity contribution is 6.24. The average molecular weight is 416 g/mol. The second-order valence-electron chi connectivity index (χ2n) is 7.40. The van der Waals surface area contributed by atoms with Crippen LogP contribution < -0.4 is 14.7 Å². The molecular formula is C24H20N2O5. The maximum Gasteiger partial charge on any atom is 0.266 e. The third-order valence-electron chi connectivity index (χ3n) is 5.71. The first-order valence-electron chi connectivity index (χ1n) is 9.91. The van der Waals surface area contributed by atoms with E-state index in [0.29, 0.717) is 22.7 Å². The van der Waals surface area contributed by atoms with E-state index in [4.69, 9.17) is 9.57 Å². The van der Waals surface area contributed by atoms with Crippen LogP contribution in [-0.4, -0.2) is 30.1 Å². The molecule has 0 unspecified atom stereocenters. The van der Waals surface area contributed by atoms with Crippen LogP contribution >= 0.6 is 0 Å². The Morgan fingerprint density at radius 2 is 1.55 bits per heavy atom. The molecule has 2 aliphatic rings. The third-order valence-corrected chi connectivity index (χ3v) is 5.71. The van der Waals surface area contributed by atoms with E-state index in [1.807, 2.05) is 30.3 Å².